The number of H-pyrrole nitrogens is 1. The lowest BCUT2D eigenvalue weighted by Crippen LogP contribution is -2.44. The molecule has 2 aromatic heterocycles. The molecule has 2 aliphatic heterocycles. The second kappa shape index (κ2) is 11.6. The van der Waals surface area contributed by atoms with E-state index in [1.165, 1.54) is 0 Å². The van der Waals surface area contributed by atoms with Crippen LogP contribution in [0.3, 0.4) is 0 Å². The minimum Gasteiger partial charge on any atom is -0.445 e. The minimum absolute atomic E-state index is 0.0500. The summed E-state index contributed by atoms with van der Waals surface area (Å²) in [6, 6.07) is 17.7. The number of anilines is 1. The summed E-state index contributed by atoms with van der Waals surface area (Å²) < 4.78 is 5.46. The third kappa shape index (κ3) is 5.60. The Hall–Kier alpha value is -4.11. The molecule has 2 N–H and O–H groups in total. The largest absolute Gasteiger partial charge is 0.445 e. The molecule has 0 unspecified atom stereocenters. The molecule has 2 aromatic carbocycles. The molecule has 4 aromatic rings. The molecule has 4 heterocycles. The second-order valence-electron chi connectivity index (χ2n) is 10.4. The van der Waals surface area contributed by atoms with Gasteiger partial charge in [-0.05, 0) is 30.9 Å². The molecule has 2 aliphatic rings. The molecule has 206 valence electrons. The molecule has 0 aliphatic carbocycles. The number of piperidine rings is 1. The van der Waals surface area contributed by atoms with Crippen LogP contribution in [0.5, 0.6) is 0 Å². The molecule has 0 radical (unpaired) electrons. The molecule has 1 atom stereocenters. The van der Waals surface area contributed by atoms with Gasteiger partial charge in [-0.15, -0.1) is 0 Å². The molecule has 9 nitrogen and oxygen atoms in total. The Labute approximate surface area is 237 Å². The molecule has 40 heavy (non-hydrogen) atoms. The Balaban J connectivity index is 1.01. The fourth-order valence-corrected chi connectivity index (χ4v) is 5.72. The van der Waals surface area contributed by atoms with Crippen molar-refractivity contribution in [3.05, 3.63) is 77.6 Å². The first-order valence-electron chi connectivity index (χ1n) is 13.6. The quantitative estimate of drug-likeness (QED) is 0.331. The van der Waals surface area contributed by atoms with E-state index in [4.69, 9.17) is 21.3 Å². The van der Waals surface area contributed by atoms with Gasteiger partial charge in [0.1, 0.15) is 6.61 Å². The number of aromatic nitrogens is 3. The van der Waals surface area contributed by atoms with Crippen LogP contribution in [-0.2, 0) is 16.1 Å². The fraction of sp³-hybridized carbons (Fsp3) is 0.333. The summed E-state index contributed by atoms with van der Waals surface area (Å²) in [5, 5.41) is 4.93. The number of fused-ring (bicyclic) bond motifs is 1. The number of rotatable bonds is 6. The molecule has 2 saturated heterocycles. The summed E-state index contributed by atoms with van der Waals surface area (Å²) in [5.74, 6) is 0.557. The summed E-state index contributed by atoms with van der Waals surface area (Å²) in [7, 11) is 0. The molecule has 0 saturated carbocycles. The van der Waals surface area contributed by atoms with Gasteiger partial charge in [0.25, 0.3) is 0 Å². The maximum Gasteiger partial charge on any atom is 0.410 e. The van der Waals surface area contributed by atoms with Gasteiger partial charge in [-0.1, -0.05) is 60.1 Å². The van der Waals surface area contributed by atoms with Crippen LogP contribution in [0.4, 0.5) is 10.7 Å². The maximum atomic E-state index is 13.3. The van der Waals surface area contributed by atoms with Gasteiger partial charge in [0, 0.05) is 60.8 Å². The van der Waals surface area contributed by atoms with Crippen molar-refractivity contribution in [3.8, 4) is 11.3 Å². The number of carbonyl (C=O) groups is 2. The molecular formula is C30H31ClN6O3. The lowest BCUT2D eigenvalue weighted by atomic mass is 9.95. The molecule has 6 rings (SSSR count). The Kier molecular flexibility index (Phi) is 7.55. The third-order valence-corrected chi connectivity index (χ3v) is 8.01. The van der Waals surface area contributed by atoms with Crippen LogP contribution in [0.25, 0.3) is 22.2 Å². The molecule has 0 bridgehead atoms. The van der Waals surface area contributed by atoms with E-state index in [1.54, 1.807) is 11.1 Å². The topological polar surface area (TPSA) is 103 Å². The zero-order valence-electron chi connectivity index (χ0n) is 22.1. The van der Waals surface area contributed by atoms with Crippen LogP contribution in [0.15, 0.2) is 67.0 Å². The standard InChI is InChI=1S/C30H31ClN6O3/c31-25-17-33-29(35-27(25)24-16-32-26-9-5-4-8-23(24)26)34-22-12-15-37(18-22)28(38)21-10-13-36(14-11-21)30(39)40-19-20-6-2-1-3-7-20/h1-9,16-17,21-22,32H,10-15,18-19H2,(H,33,34,35)/t22-/m0/s1. The van der Waals surface area contributed by atoms with Gasteiger partial charge >= 0.3 is 6.09 Å². The first kappa shape index (κ1) is 26.1. The SMILES string of the molecule is O=C(OCc1ccccc1)N1CCC(C(=O)N2CC[C@H](Nc3ncc(Cl)c(-c4c[nH]c5ccccc45)n3)C2)CC1. The molecule has 0 spiro atoms. The Morgan fingerprint density at radius 3 is 2.58 bits per heavy atom. The number of hydrogen-bond acceptors (Lipinski definition) is 6. The molecular weight excluding hydrogens is 528 g/mol. The summed E-state index contributed by atoms with van der Waals surface area (Å²) in [6.07, 6.45) is 5.29. The Bertz CT molecular complexity index is 1500. The Morgan fingerprint density at radius 1 is 1.00 bits per heavy atom. The minimum atomic E-state index is -0.324. The maximum absolute atomic E-state index is 13.3. The van der Waals surface area contributed by atoms with Crippen molar-refractivity contribution in [1.29, 1.82) is 0 Å². The monoisotopic (exact) mass is 558 g/mol. The van der Waals surface area contributed by atoms with E-state index in [1.807, 2.05) is 65.7 Å². The highest BCUT2D eigenvalue weighted by Crippen LogP contribution is 2.32. The lowest BCUT2D eigenvalue weighted by Gasteiger charge is -2.32. The zero-order valence-corrected chi connectivity index (χ0v) is 22.8. The van der Waals surface area contributed by atoms with Crippen molar-refractivity contribution in [2.24, 2.45) is 5.92 Å². The number of halogens is 1. The van der Waals surface area contributed by atoms with E-state index < -0.39 is 0 Å². The van der Waals surface area contributed by atoms with Crippen LogP contribution in [-0.4, -0.2) is 69.0 Å². The number of para-hydroxylation sites is 1. The highest BCUT2D eigenvalue weighted by atomic mass is 35.5. The van der Waals surface area contributed by atoms with Gasteiger partial charge in [-0.25, -0.2) is 14.8 Å². The second-order valence-corrected chi connectivity index (χ2v) is 10.8. The van der Waals surface area contributed by atoms with E-state index in [9.17, 15) is 9.59 Å². The van der Waals surface area contributed by atoms with Crippen molar-refractivity contribution in [1.82, 2.24) is 24.8 Å². The fourth-order valence-electron chi connectivity index (χ4n) is 5.53. The molecule has 10 heteroatoms. The number of nitrogens with zero attached hydrogens (tertiary/aromatic N) is 4. The summed E-state index contributed by atoms with van der Waals surface area (Å²) in [6.45, 7) is 2.57. The number of benzene rings is 2. The van der Waals surface area contributed by atoms with Crippen molar-refractivity contribution >= 4 is 40.5 Å². The average molecular weight is 559 g/mol. The number of nitrogens with one attached hydrogen (secondary N) is 2. The van der Waals surface area contributed by atoms with Crippen LogP contribution < -0.4 is 5.32 Å². The number of amides is 2. The van der Waals surface area contributed by atoms with Gasteiger partial charge in [0.05, 0.1) is 16.9 Å². The van der Waals surface area contributed by atoms with Crippen LogP contribution >= 0.6 is 11.6 Å². The highest BCUT2D eigenvalue weighted by molar-refractivity contribution is 6.33. The van der Waals surface area contributed by atoms with Crippen molar-refractivity contribution in [2.45, 2.75) is 31.9 Å². The van der Waals surface area contributed by atoms with Crippen molar-refractivity contribution in [2.75, 3.05) is 31.5 Å². The van der Waals surface area contributed by atoms with Crippen LogP contribution in [0, 0.1) is 5.92 Å². The summed E-state index contributed by atoms with van der Waals surface area (Å²) in [5.41, 5.74) is 3.55. The normalized spacial score (nSPS) is 17.8. The first-order valence-corrected chi connectivity index (χ1v) is 14.0. The van der Waals surface area contributed by atoms with E-state index in [0.717, 1.165) is 28.5 Å². The van der Waals surface area contributed by atoms with Crippen LogP contribution in [0.1, 0.15) is 24.8 Å². The number of likely N-dealkylation sites (tertiary alicyclic amines) is 2. The number of carbonyl (C=O) groups excluding carboxylic acids is 2. The highest BCUT2D eigenvalue weighted by Gasteiger charge is 2.34. The third-order valence-electron chi connectivity index (χ3n) is 7.73. The van der Waals surface area contributed by atoms with E-state index >= 15 is 0 Å². The van der Waals surface area contributed by atoms with Gasteiger partial charge in [0.15, 0.2) is 0 Å². The number of aromatic amines is 1. The number of ether oxygens (including phenoxy) is 1. The smallest absolute Gasteiger partial charge is 0.410 e. The van der Waals surface area contributed by atoms with Crippen molar-refractivity contribution < 1.29 is 14.3 Å². The molecule has 2 amide bonds. The molecule has 2 fully saturated rings. The van der Waals surface area contributed by atoms with Gasteiger partial charge < -0.3 is 24.8 Å². The van der Waals surface area contributed by atoms with E-state index in [-0.39, 0.29) is 30.6 Å². The summed E-state index contributed by atoms with van der Waals surface area (Å²) >= 11 is 6.48. The summed E-state index contributed by atoms with van der Waals surface area (Å²) in [4.78, 5) is 41.8. The average Bonchev–Trinajstić information content (AvgIpc) is 3.64. The van der Waals surface area contributed by atoms with Gasteiger partial charge in [0.2, 0.25) is 11.9 Å². The predicted octanol–water partition coefficient (Wildman–Crippen LogP) is 5.34. The first-order chi connectivity index (χ1) is 19.5. The van der Waals surface area contributed by atoms with E-state index in [2.05, 4.69) is 15.3 Å². The van der Waals surface area contributed by atoms with Gasteiger partial charge in [-0.2, -0.15) is 0 Å². The van der Waals surface area contributed by atoms with Gasteiger partial charge in [-0.3, -0.25) is 4.79 Å². The van der Waals surface area contributed by atoms with Crippen LogP contribution in [0.2, 0.25) is 5.02 Å². The van der Waals surface area contributed by atoms with Crippen molar-refractivity contribution in [3.63, 3.8) is 0 Å². The Morgan fingerprint density at radius 2 is 1.75 bits per heavy atom. The lowest BCUT2D eigenvalue weighted by molar-refractivity contribution is -0.135. The van der Waals surface area contributed by atoms with E-state index in [0.29, 0.717) is 55.7 Å². The zero-order chi connectivity index (χ0) is 27.5. The number of hydrogen-bond donors (Lipinski definition) is 2. The predicted molar refractivity (Wildman–Crippen MR) is 154 cm³/mol.